The molecule has 1 aromatic rings. The highest BCUT2D eigenvalue weighted by Crippen LogP contribution is 2.43. The van der Waals surface area contributed by atoms with Crippen LogP contribution in [0, 0.1) is 5.92 Å². The van der Waals surface area contributed by atoms with Crippen molar-refractivity contribution in [1.29, 1.82) is 0 Å². The van der Waals surface area contributed by atoms with Crippen molar-refractivity contribution in [1.82, 2.24) is 5.32 Å². The van der Waals surface area contributed by atoms with Gasteiger partial charge in [-0.2, -0.15) is 0 Å². The Bertz CT molecular complexity index is 351. The Kier molecular flexibility index (Phi) is 3.55. The molecule has 1 saturated carbocycles. The third kappa shape index (κ3) is 2.30. The quantitative estimate of drug-likeness (QED) is 0.854. The number of hydrogen-bond acceptors (Lipinski definition) is 1. The van der Waals surface area contributed by atoms with Gasteiger partial charge in [0.25, 0.3) is 0 Å². The maximum atomic E-state index is 6.02. The maximum absolute atomic E-state index is 6.02. The second-order valence-corrected chi connectivity index (χ2v) is 4.99. The highest BCUT2D eigenvalue weighted by Gasteiger charge is 2.31. The van der Waals surface area contributed by atoms with Gasteiger partial charge in [-0.3, -0.25) is 0 Å². The molecule has 1 aliphatic rings. The van der Waals surface area contributed by atoms with Crippen LogP contribution in [0.4, 0.5) is 0 Å². The second kappa shape index (κ2) is 4.73. The summed E-state index contributed by atoms with van der Waals surface area (Å²) in [5, 5.41) is 4.55. The molecule has 1 fully saturated rings. The number of benzene rings is 1. The van der Waals surface area contributed by atoms with Crippen LogP contribution in [0.25, 0.3) is 0 Å². The van der Waals surface area contributed by atoms with Gasteiger partial charge in [-0.05, 0) is 56.0 Å². The van der Waals surface area contributed by atoms with E-state index in [9.17, 15) is 0 Å². The van der Waals surface area contributed by atoms with E-state index >= 15 is 0 Å². The van der Waals surface area contributed by atoms with Crippen LogP contribution in [0.1, 0.15) is 24.3 Å². The van der Waals surface area contributed by atoms with Crippen molar-refractivity contribution in [3.05, 3.63) is 33.8 Å². The van der Waals surface area contributed by atoms with Crippen LogP contribution < -0.4 is 5.32 Å². The molecule has 0 aromatic heterocycles. The molecule has 1 N–H and O–H groups in total. The van der Waals surface area contributed by atoms with Crippen LogP contribution in [0.15, 0.2) is 18.2 Å². The van der Waals surface area contributed by atoms with E-state index in [1.54, 1.807) is 0 Å². The van der Waals surface area contributed by atoms with E-state index < -0.39 is 0 Å². The van der Waals surface area contributed by atoms with Gasteiger partial charge in [0.05, 0.1) is 10.0 Å². The van der Waals surface area contributed by atoms with Gasteiger partial charge in [0.2, 0.25) is 0 Å². The smallest absolute Gasteiger partial charge is 0.0595 e. The van der Waals surface area contributed by atoms with Crippen molar-refractivity contribution < 1.29 is 0 Å². The molecule has 1 aliphatic carbocycles. The fourth-order valence-electron chi connectivity index (χ4n) is 2.26. The van der Waals surface area contributed by atoms with E-state index in [0.717, 1.165) is 12.5 Å². The normalized spacial score (nSPS) is 25.0. The minimum absolute atomic E-state index is 0.643. The molecule has 82 valence electrons. The van der Waals surface area contributed by atoms with Gasteiger partial charge in [0.1, 0.15) is 0 Å². The average Bonchev–Trinajstić information content (AvgIpc) is 2.18. The van der Waals surface area contributed by atoms with E-state index in [2.05, 4.69) is 11.4 Å². The summed E-state index contributed by atoms with van der Waals surface area (Å²) in [7, 11) is 2.00. The molecular formula is C12H15Cl2N. The Morgan fingerprint density at radius 3 is 2.60 bits per heavy atom. The molecule has 0 heterocycles. The van der Waals surface area contributed by atoms with Crippen molar-refractivity contribution in [2.75, 3.05) is 13.6 Å². The highest BCUT2D eigenvalue weighted by atomic mass is 35.5. The zero-order valence-corrected chi connectivity index (χ0v) is 10.3. The first-order chi connectivity index (χ1) is 7.22. The van der Waals surface area contributed by atoms with Crippen molar-refractivity contribution in [3.8, 4) is 0 Å². The Labute approximate surface area is 101 Å². The van der Waals surface area contributed by atoms with E-state index in [4.69, 9.17) is 23.2 Å². The standard InChI is InChI=1S/C12H15Cl2N/c1-15-7-9-2-4-10(9)8-3-5-11(13)12(14)6-8/h3,5-6,9-10,15H,2,4,7H2,1H3. The summed E-state index contributed by atoms with van der Waals surface area (Å²) in [6, 6.07) is 6.01. The summed E-state index contributed by atoms with van der Waals surface area (Å²) in [5.41, 5.74) is 1.33. The van der Waals surface area contributed by atoms with Crippen molar-refractivity contribution >= 4 is 23.2 Å². The predicted octanol–water partition coefficient (Wildman–Crippen LogP) is 3.71. The number of rotatable bonds is 3. The zero-order valence-electron chi connectivity index (χ0n) is 8.76. The maximum Gasteiger partial charge on any atom is 0.0595 e. The lowest BCUT2D eigenvalue weighted by Gasteiger charge is -2.37. The molecule has 1 aromatic carbocycles. The summed E-state index contributed by atoms with van der Waals surface area (Å²) in [4.78, 5) is 0. The molecule has 1 nitrogen and oxygen atoms in total. The predicted molar refractivity (Wildman–Crippen MR) is 65.9 cm³/mol. The summed E-state index contributed by atoms with van der Waals surface area (Å²) < 4.78 is 0. The van der Waals surface area contributed by atoms with Crippen LogP contribution in [0.2, 0.25) is 10.0 Å². The molecule has 0 radical (unpaired) electrons. The first kappa shape index (κ1) is 11.3. The fraction of sp³-hybridized carbons (Fsp3) is 0.500. The van der Waals surface area contributed by atoms with Gasteiger partial charge in [-0.25, -0.2) is 0 Å². The van der Waals surface area contributed by atoms with Crippen LogP contribution in [-0.2, 0) is 0 Å². The molecule has 2 unspecified atom stereocenters. The summed E-state index contributed by atoms with van der Waals surface area (Å²) in [6.07, 6.45) is 2.58. The fourth-order valence-corrected chi connectivity index (χ4v) is 2.56. The van der Waals surface area contributed by atoms with Gasteiger partial charge in [0, 0.05) is 0 Å². The van der Waals surface area contributed by atoms with E-state index in [0.29, 0.717) is 16.0 Å². The van der Waals surface area contributed by atoms with E-state index in [-0.39, 0.29) is 0 Å². The first-order valence-electron chi connectivity index (χ1n) is 5.32. The van der Waals surface area contributed by atoms with Crippen LogP contribution in [0.3, 0.4) is 0 Å². The molecular weight excluding hydrogens is 229 g/mol. The third-order valence-electron chi connectivity index (χ3n) is 3.26. The highest BCUT2D eigenvalue weighted by molar-refractivity contribution is 6.42. The Morgan fingerprint density at radius 1 is 1.27 bits per heavy atom. The number of nitrogens with one attached hydrogen (secondary N) is 1. The zero-order chi connectivity index (χ0) is 10.8. The largest absolute Gasteiger partial charge is 0.319 e. The van der Waals surface area contributed by atoms with Gasteiger partial charge < -0.3 is 5.32 Å². The monoisotopic (exact) mass is 243 g/mol. The molecule has 0 spiro atoms. The minimum atomic E-state index is 0.643. The van der Waals surface area contributed by atoms with E-state index in [1.165, 1.54) is 18.4 Å². The van der Waals surface area contributed by atoms with Crippen molar-refractivity contribution in [2.24, 2.45) is 5.92 Å². The molecule has 0 aliphatic heterocycles. The summed E-state index contributed by atoms with van der Waals surface area (Å²) in [5.74, 6) is 1.42. The Balaban J connectivity index is 2.12. The molecule has 0 bridgehead atoms. The lowest BCUT2D eigenvalue weighted by atomic mass is 9.70. The van der Waals surface area contributed by atoms with Gasteiger partial charge >= 0.3 is 0 Å². The lowest BCUT2D eigenvalue weighted by molar-refractivity contribution is 0.251. The summed E-state index contributed by atoms with van der Waals surface area (Å²) in [6.45, 7) is 1.09. The second-order valence-electron chi connectivity index (χ2n) is 4.18. The topological polar surface area (TPSA) is 12.0 Å². The van der Waals surface area contributed by atoms with Gasteiger partial charge in [0.15, 0.2) is 0 Å². The molecule has 2 atom stereocenters. The van der Waals surface area contributed by atoms with Gasteiger partial charge in [-0.15, -0.1) is 0 Å². The van der Waals surface area contributed by atoms with Crippen molar-refractivity contribution in [2.45, 2.75) is 18.8 Å². The number of hydrogen-bond donors (Lipinski definition) is 1. The molecule has 3 heteroatoms. The third-order valence-corrected chi connectivity index (χ3v) is 3.99. The summed E-state index contributed by atoms with van der Waals surface area (Å²) >= 11 is 11.9. The molecule has 2 rings (SSSR count). The van der Waals surface area contributed by atoms with Crippen molar-refractivity contribution in [3.63, 3.8) is 0 Å². The molecule has 0 amide bonds. The Morgan fingerprint density at radius 2 is 2.07 bits per heavy atom. The van der Waals surface area contributed by atoms with Crippen LogP contribution >= 0.6 is 23.2 Å². The number of halogens is 2. The SMILES string of the molecule is CNCC1CCC1c1ccc(Cl)c(Cl)c1. The average molecular weight is 244 g/mol. The molecule has 0 saturated heterocycles. The molecule has 15 heavy (non-hydrogen) atoms. The van der Waals surface area contributed by atoms with E-state index in [1.807, 2.05) is 19.2 Å². The van der Waals surface area contributed by atoms with Gasteiger partial charge in [-0.1, -0.05) is 29.3 Å². The minimum Gasteiger partial charge on any atom is -0.319 e. The lowest BCUT2D eigenvalue weighted by Crippen LogP contribution is -2.32. The van der Waals surface area contributed by atoms with Crippen LogP contribution in [-0.4, -0.2) is 13.6 Å². The first-order valence-corrected chi connectivity index (χ1v) is 6.07. The van der Waals surface area contributed by atoms with Crippen LogP contribution in [0.5, 0.6) is 0 Å². The Hall–Kier alpha value is -0.240.